The molecule has 1 saturated carbocycles. The molecule has 0 unspecified atom stereocenters. The monoisotopic (exact) mass is 756 g/mol. The maximum atomic E-state index is 14.0. The van der Waals surface area contributed by atoms with Crippen LogP contribution in [0.2, 0.25) is 0 Å². The molecule has 0 aromatic rings. The lowest BCUT2D eigenvalue weighted by Crippen LogP contribution is -2.67. The second kappa shape index (κ2) is 19.7. The number of amides is 1. The fourth-order valence-electron chi connectivity index (χ4n) is 6.49. The Morgan fingerprint density at radius 1 is 0.904 bits per heavy atom. The van der Waals surface area contributed by atoms with E-state index in [1.165, 1.54) is 0 Å². The molecule has 1 aliphatic carbocycles. The molecule has 0 radical (unpaired) electrons. The van der Waals surface area contributed by atoms with E-state index in [2.05, 4.69) is 10.6 Å². The van der Waals surface area contributed by atoms with E-state index in [9.17, 15) is 39.8 Å². The van der Waals surface area contributed by atoms with E-state index in [0.717, 1.165) is 6.42 Å². The molecule has 4 rings (SSSR count). The van der Waals surface area contributed by atoms with Gasteiger partial charge >= 0.3 is 0 Å². The van der Waals surface area contributed by atoms with Crippen LogP contribution in [0.25, 0.3) is 0 Å². The zero-order valence-corrected chi connectivity index (χ0v) is 28.7. The normalized spacial score (nSPS) is 42.3. The number of halogens is 1. The van der Waals surface area contributed by atoms with Crippen LogP contribution in [0.1, 0.15) is 19.3 Å². The van der Waals surface area contributed by atoms with Gasteiger partial charge < -0.3 is 104 Å². The quantitative estimate of drug-likeness (QED) is 0.0613. The molecule has 3 heterocycles. The highest BCUT2D eigenvalue weighted by atomic mass is 19.1. The third kappa shape index (κ3) is 10.1. The Hall–Kier alpha value is -1.78. The van der Waals surface area contributed by atoms with Crippen LogP contribution in [0.4, 0.5) is 4.39 Å². The third-order valence-corrected chi connectivity index (χ3v) is 9.60. The summed E-state index contributed by atoms with van der Waals surface area (Å²) in [6.45, 7) is -0.0536. The van der Waals surface area contributed by atoms with Gasteiger partial charge in [0.05, 0.1) is 31.3 Å². The summed E-state index contributed by atoms with van der Waals surface area (Å²) in [7, 11) is 0. The molecule has 0 aromatic heterocycles. The molecule has 0 bridgehead atoms. The van der Waals surface area contributed by atoms with E-state index in [0.29, 0.717) is 31.8 Å². The van der Waals surface area contributed by atoms with Crippen molar-refractivity contribution in [1.82, 2.24) is 10.6 Å². The van der Waals surface area contributed by atoms with Gasteiger partial charge in [-0.2, -0.15) is 0 Å². The van der Waals surface area contributed by atoms with Crippen molar-refractivity contribution in [3.63, 3.8) is 0 Å². The number of carbonyl (C=O) groups is 1. The predicted octanol–water partition coefficient (Wildman–Crippen LogP) is -7.92. The lowest BCUT2D eigenvalue weighted by Gasteiger charge is -2.46. The Labute approximate surface area is 300 Å². The molecule has 22 heteroatoms. The number of aliphatic hydroxyl groups excluding tert-OH is 6. The maximum Gasteiger partial charge on any atom is 0.252 e. The summed E-state index contributed by atoms with van der Waals surface area (Å²) >= 11 is 0. The average molecular weight is 757 g/mol. The molecule has 18 atom stereocenters. The molecular formula is C30H57FN8O13. The number of hydrogen-bond donors (Lipinski definition) is 14. The summed E-state index contributed by atoms with van der Waals surface area (Å²) in [5.74, 6) is -0.636. The van der Waals surface area contributed by atoms with E-state index in [1.807, 2.05) is 0 Å². The first-order valence-electron chi connectivity index (χ1n) is 17.4. The first kappa shape index (κ1) is 43.0. The van der Waals surface area contributed by atoms with E-state index in [4.69, 9.17) is 62.8 Å². The third-order valence-electron chi connectivity index (χ3n) is 9.60. The Bertz CT molecular complexity index is 1150. The molecule has 0 aromatic carbocycles. The van der Waals surface area contributed by atoms with E-state index >= 15 is 0 Å². The molecule has 3 fully saturated rings. The van der Waals surface area contributed by atoms with Gasteiger partial charge in [0, 0.05) is 19.1 Å². The van der Waals surface area contributed by atoms with Crippen molar-refractivity contribution in [2.24, 2.45) is 34.4 Å². The van der Waals surface area contributed by atoms with Crippen LogP contribution in [0.5, 0.6) is 0 Å². The Morgan fingerprint density at radius 2 is 1.58 bits per heavy atom. The average Bonchev–Trinajstić information content (AvgIpc) is 3.43. The predicted molar refractivity (Wildman–Crippen MR) is 177 cm³/mol. The zero-order valence-electron chi connectivity index (χ0n) is 28.7. The molecule has 4 aliphatic rings. The fourth-order valence-corrected chi connectivity index (χ4v) is 6.49. The second-order valence-corrected chi connectivity index (χ2v) is 13.4. The van der Waals surface area contributed by atoms with Crippen molar-refractivity contribution in [2.75, 3.05) is 39.3 Å². The number of carbonyl (C=O) groups excluding carboxylic acids is 1. The van der Waals surface area contributed by atoms with Gasteiger partial charge in [-0.25, -0.2) is 4.39 Å². The fraction of sp³-hybridized carbons (Fsp3) is 0.900. The van der Waals surface area contributed by atoms with Crippen LogP contribution in [0.3, 0.4) is 0 Å². The van der Waals surface area contributed by atoms with Crippen molar-refractivity contribution >= 4 is 5.91 Å². The van der Waals surface area contributed by atoms with Crippen LogP contribution in [0, 0.1) is 0 Å². The second-order valence-electron chi connectivity index (χ2n) is 13.4. The van der Waals surface area contributed by atoms with Gasteiger partial charge in [-0.3, -0.25) is 4.79 Å². The highest BCUT2D eigenvalue weighted by Gasteiger charge is 2.54. The van der Waals surface area contributed by atoms with Gasteiger partial charge in [-0.15, -0.1) is 0 Å². The largest absolute Gasteiger partial charge is 0.467 e. The topological polar surface area (TPSA) is 374 Å². The van der Waals surface area contributed by atoms with Gasteiger partial charge in [-0.05, 0) is 38.4 Å². The lowest BCUT2D eigenvalue weighted by molar-refractivity contribution is -0.282. The van der Waals surface area contributed by atoms with Crippen LogP contribution in [0.15, 0.2) is 11.8 Å². The van der Waals surface area contributed by atoms with Gasteiger partial charge in [0.25, 0.3) is 5.91 Å². The molecule has 2 saturated heterocycles. The number of aliphatic hydroxyl groups is 6. The molecular weight excluding hydrogens is 699 g/mol. The molecule has 52 heavy (non-hydrogen) atoms. The van der Waals surface area contributed by atoms with Crippen LogP contribution >= 0.6 is 0 Å². The first-order valence-corrected chi connectivity index (χ1v) is 17.4. The van der Waals surface area contributed by atoms with Gasteiger partial charge in [0.15, 0.2) is 18.7 Å². The summed E-state index contributed by atoms with van der Waals surface area (Å²) in [5.41, 5.74) is 35.4. The van der Waals surface area contributed by atoms with Crippen molar-refractivity contribution in [2.45, 2.75) is 130 Å². The van der Waals surface area contributed by atoms with Crippen molar-refractivity contribution < 1.29 is 68.2 Å². The van der Waals surface area contributed by atoms with Gasteiger partial charge in [0.1, 0.15) is 66.9 Å². The highest BCUT2D eigenvalue weighted by molar-refractivity contribution is 5.81. The van der Waals surface area contributed by atoms with Gasteiger partial charge in [0.2, 0.25) is 6.29 Å². The van der Waals surface area contributed by atoms with Crippen LogP contribution < -0.4 is 45.0 Å². The Morgan fingerprint density at radius 3 is 2.23 bits per heavy atom. The molecule has 3 aliphatic heterocycles. The Balaban J connectivity index is 1.54. The summed E-state index contributed by atoms with van der Waals surface area (Å²) < 4.78 is 49.7. The van der Waals surface area contributed by atoms with E-state index < -0.39 is 129 Å². The van der Waals surface area contributed by atoms with Crippen LogP contribution in [-0.4, -0.2) is 186 Å². The number of rotatable bonds is 17. The smallest absolute Gasteiger partial charge is 0.252 e. The zero-order chi connectivity index (χ0) is 38.3. The minimum Gasteiger partial charge on any atom is -0.467 e. The minimum absolute atomic E-state index is 0.151. The lowest BCUT2D eigenvalue weighted by atomic mass is 9.83. The number of alkyl halides is 1. The highest BCUT2D eigenvalue weighted by Crippen LogP contribution is 2.34. The Kier molecular flexibility index (Phi) is 16.3. The number of nitrogens with two attached hydrogens (primary N) is 6. The minimum atomic E-state index is -2.14. The molecule has 21 nitrogen and oxygen atoms in total. The number of hydrogen-bond acceptors (Lipinski definition) is 20. The summed E-state index contributed by atoms with van der Waals surface area (Å²) in [6.07, 6.45) is -18.4. The summed E-state index contributed by atoms with van der Waals surface area (Å²) in [5, 5.41) is 69.4. The van der Waals surface area contributed by atoms with E-state index in [-0.39, 0.29) is 13.0 Å². The first-order chi connectivity index (χ1) is 24.8. The SMILES string of the molecule is NCCCNCC1=CC[C@@H](N)[C@@H](O[C@H]2[C@H](O[C@@H]3O[C@H](CO)[C@@H](O[C@H]4O[C@@H](CN)[C@@H](O)[C@H](O)[C@H]4N)[C@H]3O)[C@@H](O)[C@H](NC(=O)[C@@H](O)[C@H](F)CN)C[C@@H]2N)O1. The van der Waals surface area contributed by atoms with Crippen molar-refractivity contribution in [3.8, 4) is 0 Å². The molecule has 302 valence electrons. The summed E-state index contributed by atoms with van der Waals surface area (Å²) in [4.78, 5) is 12.7. The summed E-state index contributed by atoms with van der Waals surface area (Å²) in [6, 6.07) is -4.23. The van der Waals surface area contributed by atoms with Crippen molar-refractivity contribution in [1.29, 1.82) is 0 Å². The molecule has 0 spiro atoms. The number of ether oxygens (including phenoxy) is 6. The van der Waals surface area contributed by atoms with E-state index in [1.54, 1.807) is 6.08 Å². The maximum absolute atomic E-state index is 14.0. The molecule has 1 amide bonds. The van der Waals surface area contributed by atoms with Crippen LogP contribution in [-0.2, 0) is 33.2 Å². The van der Waals surface area contributed by atoms with Crippen molar-refractivity contribution in [3.05, 3.63) is 11.8 Å². The van der Waals surface area contributed by atoms with Gasteiger partial charge in [-0.1, -0.05) is 0 Å². The molecule has 20 N–H and O–H groups in total. The standard InChI is InChI=1S/C30H57FN8O13/c31-12(7-33)19(41)27(46)39-15-6-14(36)24(50-28-13(35)3-2-11(47-28)9-38-5-1-4-32)26(20(15)42)52-30-23(45)25(17(10-40)49-30)51-29-18(37)22(44)21(43)16(8-34)48-29/h2,12-26,28-30,38,40-45H,1,3-10,32-37H2,(H,39,46)/t12-,13-,14+,15-,16+,17-,18-,19+,20+,21-,22-,23-,24-,25-,26-,28-,29-,30+/m1/s1. The number of nitrogens with one attached hydrogen (secondary N) is 2.